The molecular weight excluding hydrogens is 456 g/mol. The number of benzene rings is 4. The molecule has 0 fully saturated rings. The van der Waals surface area contributed by atoms with Gasteiger partial charge in [-0.15, -0.1) is 11.3 Å². The van der Waals surface area contributed by atoms with Crippen LogP contribution >= 0.6 is 11.3 Å². The number of ether oxygens (including phenoxy) is 2. The molecule has 0 aliphatic carbocycles. The number of thiazole rings is 1. The first-order chi connectivity index (χ1) is 17.3. The van der Waals surface area contributed by atoms with E-state index in [4.69, 9.17) is 14.5 Å². The highest BCUT2D eigenvalue weighted by molar-refractivity contribution is 7.13. The van der Waals surface area contributed by atoms with E-state index in [-0.39, 0.29) is 12.5 Å². The number of carbonyl (C=O) groups is 1. The van der Waals surface area contributed by atoms with Crippen LogP contribution in [0.15, 0.2) is 96.4 Å². The van der Waals surface area contributed by atoms with Crippen LogP contribution in [-0.2, 0) is 4.79 Å². The zero-order chi connectivity index (χ0) is 23.6. The van der Waals surface area contributed by atoms with Crippen molar-refractivity contribution in [3.05, 3.63) is 96.4 Å². The van der Waals surface area contributed by atoms with Gasteiger partial charge in [-0.2, -0.15) is 0 Å². The lowest BCUT2D eigenvalue weighted by Gasteiger charge is -2.29. The largest absolute Gasteiger partial charge is 0.491 e. The summed E-state index contributed by atoms with van der Waals surface area (Å²) in [5.74, 6) is 1.42. The number of carbonyl (C=O) groups excluding carboxylic acids is 1. The summed E-state index contributed by atoms with van der Waals surface area (Å²) in [7, 11) is 0. The molecule has 35 heavy (non-hydrogen) atoms. The third-order valence-electron chi connectivity index (χ3n) is 6.04. The van der Waals surface area contributed by atoms with E-state index in [2.05, 4.69) is 24.3 Å². The van der Waals surface area contributed by atoms with Crippen LogP contribution in [0.25, 0.3) is 32.6 Å². The molecular formula is C29H22N2O3S. The SMILES string of the molecule is O=C1COc2ccc(-c3csc(-c4ccccc4)n3)cc2N1CCOc1cccc2ccccc12. The summed E-state index contributed by atoms with van der Waals surface area (Å²) in [5.41, 5.74) is 3.66. The molecule has 1 aromatic heterocycles. The molecule has 5 nitrogen and oxygen atoms in total. The standard InChI is InChI=1S/C29H22N2O3S/c32-28-18-34-27-14-13-22(24-19-35-29(30-24)21-8-2-1-3-9-21)17-25(27)31(28)15-16-33-26-12-6-10-20-7-4-5-11-23(20)26/h1-14,17,19H,15-16,18H2. The third kappa shape index (κ3) is 4.24. The maximum atomic E-state index is 12.8. The second-order valence-electron chi connectivity index (χ2n) is 8.25. The molecule has 0 radical (unpaired) electrons. The highest BCUT2D eigenvalue weighted by Gasteiger charge is 2.26. The Morgan fingerprint density at radius 3 is 2.66 bits per heavy atom. The minimum Gasteiger partial charge on any atom is -0.491 e. The Kier molecular flexibility index (Phi) is 5.64. The van der Waals surface area contributed by atoms with Crippen molar-refractivity contribution in [2.75, 3.05) is 24.7 Å². The number of nitrogens with zero attached hydrogens (tertiary/aromatic N) is 2. The zero-order valence-corrected chi connectivity index (χ0v) is 19.7. The molecule has 6 heteroatoms. The van der Waals surface area contributed by atoms with E-state index < -0.39 is 0 Å². The molecule has 5 aromatic rings. The quantitative estimate of drug-likeness (QED) is 0.282. The Bertz CT molecular complexity index is 1510. The van der Waals surface area contributed by atoms with Gasteiger partial charge in [0.2, 0.25) is 0 Å². The van der Waals surface area contributed by atoms with Crippen LogP contribution in [0, 0.1) is 0 Å². The molecule has 0 saturated heterocycles. The van der Waals surface area contributed by atoms with Gasteiger partial charge in [-0.3, -0.25) is 4.79 Å². The first kappa shape index (κ1) is 21.4. The van der Waals surface area contributed by atoms with E-state index >= 15 is 0 Å². The van der Waals surface area contributed by atoms with Gasteiger partial charge in [0.1, 0.15) is 23.1 Å². The summed E-state index contributed by atoms with van der Waals surface area (Å²) in [6.45, 7) is 0.821. The fourth-order valence-corrected chi connectivity index (χ4v) is 5.13. The van der Waals surface area contributed by atoms with Gasteiger partial charge >= 0.3 is 0 Å². The maximum Gasteiger partial charge on any atom is 0.265 e. The predicted octanol–water partition coefficient (Wildman–Crippen LogP) is 6.43. The Balaban J connectivity index is 1.24. The summed E-state index contributed by atoms with van der Waals surface area (Å²) < 4.78 is 11.8. The first-order valence-electron chi connectivity index (χ1n) is 11.5. The van der Waals surface area contributed by atoms with E-state index in [1.54, 1.807) is 16.2 Å². The van der Waals surface area contributed by atoms with E-state index in [9.17, 15) is 4.79 Å². The molecule has 1 aliphatic heterocycles. The van der Waals surface area contributed by atoms with Crippen molar-refractivity contribution >= 4 is 33.7 Å². The Morgan fingerprint density at radius 2 is 1.74 bits per heavy atom. The van der Waals surface area contributed by atoms with Crippen LogP contribution in [0.2, 0.25) is 0 Å². The monoisotopic (exact) mass is 478 g/mol. The molecule has 1 aliphatic rings. The summed E-state index contributed by atoms with van der Waals surface area (Å²) in [5, 5.41) is 5.19. The van der Waals surface area contributed by atoms with Crippen molar-refractivity contribution in [2.45, 2.75) is 0 Å². The van der Waals surface area contributed by atoms with Crippen LogP contribution in [0.3, 0.4) is 0 Å². The third-order valence-corrected chi connectivity index (χ3v) is 6.94. The van der Waals surface area contributed by atoms with Crippen LogP contribution in [-0.4, -0.2) is 30.6 Å². The number of rotatable bonds is 6. The summed E-state index contributed by atoms with van der Waals surface area (Å²) in [4.78, 5) is 19.4. The van der Waals surface area contributed by atoms with Crippen LogP contribution in [0.4, 0.5) is 5.69 Å². The van der Waals surface area contributed by atoms with Crippen LogP contribution < -0.4 is 14.4 Å². The summed E-state index contributed by atoms with van der Waals surface area (Å²) in [6, 6.07) is 30.1. The van der Waals surface area contributed by atoms with Crippen molar-refractivity contribution in [3.8, 4) is 33.3 Å². The lowest BCUT2D eigenvalue weighted by atomic mass is 10.1. The van der Waals surface area contributed by atoms with Gasteiger partial charge in [0.05, 0.1) is 17.9 Å². The van der Waals surface area contributed by atoms with E-state index in [0.29, 0.717) is 18.9 Å². The lowest BCUT2D eigenvalue weighted by Crippen LogP contribution is -2.41. The van der Waals surface area contributed by atoms with Crippen molar-refractivity contribution in [3.63, 3.8) is 0 Å². The second kappa shape index (κ2) is 9.24. The van der Waals surface area contributed by atoms with E-state index in [1.807, 2.05) is 72.1 Å². The molecule has 4 aromatic carbocycles. The average Bonchev–Trinajstić information content (AvgIpc) is 3.41. The van der Waals surface area contributed by atoms with Gasteiger partial charge in [0, 0.05) is 21.9 Å². The number of amides is 1. The van der Waals surface area contributed by atoms with Crippen molar-refractivity contribution < 1.29 is 14.3 Å². The highest BCUT2D eigenvalue weighted by atomic mass is 32.1. The topological polar surface area (TPSA) is 51.7 Å². The summed E-state index contributed by atoms with van der Waals surface area (Å²) >= 11 is 1.61. The molecule has 0 saturated carbocycles. The minimum absolute atomic E-state index is 0.0233. The smallest absolute Gasteiger partial charge is 0.265 e. The Morgan fingerprint density at radius 1 is 0.914 bits per heavy atom. The molecule has 0 N–H and O–H groups in total. The van der Waals surface area contributed by atoms with Crippen LogP contribution in [0.1, 0.15) is 0 Å². The molecule has 6 rings (SSSR count). The maximum absolute atomic E-state index is 12.8. The second-order valence-corrected chi connectivity index (χ2v) is 9.10. The van der Waals surface area contributed by atoms with Gasteiger partial charge in [-0.25, -0.2) is 4.98 Å². The molecule has 172 valence electrons. The van der Waals surface area contributed by atoms with Crippen molar-refractivity contribution in [2.24, 2.45) is 0 Å². The zero-order valence-electron chi connectivity index (χ0n) is 18.9. The van der Waals surface area contributed by atoms with Crippen LogP contribution in [0.5, 0.6) is 11.5 Å². The number of fused-ring (bicyclic) bond motifs is 2. The van der Waals surface area contributed by atoms with Gasteiger partial charge < -0.3 is 14.4 Å². The Hall–Kier alpha value is -4.16. The van der Waals surface area contributed by atoms with Crippen molar-refractivity contribution in [1.82, 2.24) is 4.98 Å². The fourth-order valence-electron chi connectivity index (χ4n) is 4.29. The molecule has 0 spiro atoms. The van der Waals surface area contributed by atoms with Gasteiger partial charge in [-0.05, 0) is 29.7 Å². The number of aromatic nitrogens is 1. The highest BCUT2D eigenvalue weighted by Crippen LogP contribution is 2.37. The molecule has 1 amide bonds. The number of anilines is 1. The van der Waals surface area contributed by atoms with Gasteiger partial charge in [-0.1, -0.05) is 66.7 Å². The fraction of sp³-hybridized carbons (Fsp3) is 0.103. The first-order valence-corrected chi connectivity index (χ1v) is 12.3. The lowest BCUT2D eigenvalue weighted by molar-refractivity contribution is -0.121. The molecule has 0 atom stereocenters. The van der Waals surface area contributed by atoms with Crippen molar-refractivity contribution in [1.29, 1.82) is 0 Å². The molecule has 0 bridgehead atoms. The molecule has 0 unspecified atom stereocenters. The normalized spacial score (nSPS) is 12.9. The Labute approximate surface area is 207 Å². The van der Waals surface area contributed by atoms with Gasteiger partial charge in [0.25, 0.3) is 5.91 Å². The van der Waals surface area contributed by atoms with E-state index in [1.165, 1.54) is 0 Å². The van der Waals surface area contributed by atoms with Gasteiger partial charge in [0.15, 0.2) is 6.61 Å². The number of hydrogen-bond acceptors (Lipinski definition) is 5. The van der Waals surface area contributed by atoms with E-state index in [0.717, 1.165) is 44.0 Å². The minimum atomic E-state index is -0.0839. The predicted molar refractivity (Wildman–Crippen MR) is 140 cm³/mol. The number of hydrogen-bond donors (Lipinski definition) is 0. The summed E-state index contributed by atoms with van der Waals surface area (Å²) in [6.07, 6.45) is 0. The average molecular weight is 479 g/mol. The molecule has 2 heterocycles.